The Morgan fingerprint density at radius 2 is 2.18 bits per heavy atom. The molecule has 1 aromatic carbocycles. The minimum atomic E-state index is -1.14. The number of aliphatic imine (C=N–C) groups is 2. The number of nitrogens with zero attached hydrogens (tertiary/aromatic N) is 2. The Morgan fingerprint density at radius 1 is 1.45 bits per heavy atom. The van der Waals surface area contributed by atoms with E-state index in [1.54, 1.807) is 6.92 Å². The highest BCUT2D eigenvalue weighted by Crippen LogP contribution is 2.32. The quantitative estimate of drug-likeness (QED) is 0.663. The van der Waals surface area contributed by atoms with E-state index in [1.807, 2.05) is 0 Å². The lowest BCUT2D eigenvalue weighted by Crippen LogP contribution is -2.21. The van der Waals surface area contributed by atoms with Crippen LogP contribution < -0.4 is 11.1 Å². The van der Waals surface area contributed by atoms with Crippen molar-refractivity contribution in [2.75, 3.05) is 0 Å². The second-order valence-electron chi connectivity index (χ2n) is 5.72. The minimum absolute atomic E-state index is 0.0157. The summed E-state index contributed by atoms with van der Waals surface area (Å²) < 4.78 is 13.0. The lowest BCUT2D eigenvalue weighted by atomic mass is 10.1. The van der Waals surface area contributed by atoms with Crippen LogP contribution in [-0.4, -0.2) is 17.8 Å². The van der Waals surface area contributed by atoms with Crippen molar-refractivity contribution >= 4 is 11.7 Å². The smallest absolute Gasteiger partial charge is 0.221 e. The van der Waals surface area contributed by atoms with E-state index in [2.05, 4.69) is 47.0 Å². The van der Waals surface area contributed by atoms with Gasteiger partial charge in [-0.1, -0.05) is 30.3 Å². The molecule has 22 heavy (non-hydrogen) atoms. The molecule has 0 saturated carbocycles. The number of benzene rings is 1. The van der Waals surface area contributed by atoms with Gasteiger partial charge in [0.25, 0.3) is 0 Å². The Labute approximate surface area is 131 Å². The van der Waals surface area contributed by atoms with Crippen LogP contribution in [0.3, 0.4) is 0 Å². The zero-order valence-corrected chi connectivity index (χ0v) is 13.4. The van der Waals surface area contributed by atoms with Crippen molar-refractivity contribution < 1.29 is 4.39 Å². The van der Waals surface area contributed by atoms with Crippen molar-refractivity contribution in [1.82, 2.24) is 5.32 Å². The fourth-order valence-electron chi connectivity index (χ4n) is 2.54. The van der Waals surface area contributed by atoms with Gasteiger partial charge in [-0.2, -0.15) is 4.99 Å². The summed E-state index contributed by atoms with van der Waals surface area (Å²) in [6, 6.07) is 6.67. The van der Waals surface area contributed by atoms with E-state index in [0.29, 0.717) is 11.5 Å². The average molecular weight is 302 g/mol. The lowest BCUT2D eigenvalue weighted by Gasteiger charge is -2.15. The molecule has 0 heterocycles. The number of nitrogens with two attached hydrogens (primary N) is 1. The van der Waals surface area contributed by atoms with Crippen LogP contribution in [0.2, 0.25) is 0 Å². The van der Waals surface area contributed by atoms with Gasteiger partial charge in [-0.15, -0.1) is 0 Å². The number of alkyl halides is 1. The molecule has 2 atom stereocenters. The van der Waals surface area contributed by atoms with E-state index >= 15 is 0 Å². The molecule has 4 nitrogen and oxygen atoms in total. The molecule has 1 aliphatic rings. The Kier molecular flexibility index (Phi) is 4.96. The first-order valence-electron chi connectivity index (χ1n) is 7.45. The van der Waals surface area contributed by atoms with Gasteiger partial charge in [-0.05, 0) is 44.7 Å². The highest BCUT2D eigenvalue weighted by atomic mass is 19.1. The van der Waals surface area contributed by atoms with E-state index in [4.69, 9.17) is 5.73 Å². The van der Waals surface area contributed by atoms with Crippen molar-refractivity contribution in [3.63, 3.8) is 0 Å². The molecule has 2 unspecified atom stereocenters. The molecular weight excluding hydrogens is 279 g/mol. The molecule has 0 radical (unpaired) electrons. The van der Waals surface area contributed by atoms with Gasteiger partial charge in [-0.3, -0.25) is 0 Å². The Bertz CT molecular complexity index is 632. The molecule has 1 aromatic rings. The van der Waals surface area contributed by atoms with Crippen LogP contribution in [0.15, 0.2) is 40.6 Å². The first-order chi connectivity index (χ1) is 10.4. The fraction of sp³-hybridized carbons (Fsp3) is 0.412. The van der Waals surface area contributed by atoms with Gasteiger partial charge in [0.15, 0.2) is 0 Å². The molecule has 2 rings (SSSR count). The van der Waals surface area contributed by atoms with Crippen LogP contribution in [0, 0.1) is 6.92 Å². The molecular formula is C17H23FN4. The predicted molar refractivity (Wildman–Crippen MR) is 89.8 cm³/mol. The largest absolute Gasteiger partial charge is 0.368 e. The minimum Gasteiger partial charge on any atom is -0.368 e. The topological polar surface area (TPSA) is 62.8 Å². The molecule has 5 heteroatoms. The highest BCUT2D eigenvalue weighted by molar-refractivity contribution is 5.97. The van der Waals surface area contributed by atoms with Gasteiger partial charge in [0, 0.05) is 0 Å². The van der Waals surface area contributed by atoms with Crippen LogP contribution >= 0.6 is 0 Å². The Morgan fingerprint density at radius 3 is 2.86 bits per heavy atom. The molecule has 0 fully saturated rings. The normalized spacial score (nSPS) is 19.7. The maximum absolute atomic E-state index is 13.0. The standard InChI is InChI=1S/C17H23FN4/c1-10-5-6-14-7-8-16(15(14)9-10)21-13(4)22-17(19)20-12(3)11(2)18/h5-6,9,11,16,21H,4,7-8H2,1-3H3,(H2,19,22)/b20-12+. The van der Waals surface area contributed by atoms with Crippen molar-refractivity contribution in [1.29, 1.82) is 0 Å². The van der Waals surface area contributed by atoms with Gasteiger partial charge in [0.1, 0.15) is 12.0 Å². The summed E-state index contributed by atoms with van der Waals surface area (Å²) in [5.41, 5.74) is 9.88. The Hall–Kier alpha value is -2.17. The van der Waals surface area contributed by atoms with Gasteiger partial charge in [0.05, 0.1) is 11.8 Å². The molecule has 1 aliphatic carbocycles. The fourth-order valence-corrected chi connectivity index (χ4v) is 2.54. The van der Waals surface area contributed by atoms with E-state index in [0.717, 1.165) is 12.8 Å². The second kappa shape index (κ2) is 6.73. The number of aryl methyl sites for hydroxylation is 2. The lowest BCUT2D eigenvalue weighted by molar-refractivity contribution is 0.453. The number of hydrogen-bond donors (Lipinski definition) is 2. The summed E-state index contributed by atoms with van der Waals surface area (Å²) in [5.74, 6) is 0.460. The Balaban J connectivity index is 2.05. The summed E-state index contributed by atoms with van der Waals surface area (Å²) in [4.78, 5) is 8.01. The van der Waals surface area contributed by atoms with Gasteiger partial charge >= 0.3 is 0 Å². The van der Waals surface area contributed by atoms with Crippen LogP contribution in [0.25, 0.3) is 0 Å². The maximum atomic E-state index is 13.0. The van der Waals surface area contributed by atoms with E-state index in [9.17, 15) is 4.39 Å². The second-order valence-corrected chi connectivity index (χ2v) is 5.72. The summed E-state index contributed by atoms with van der Waals surface area (Å²) in [6.07, 6.45) is 0.896. The monoisotopic (exact) mass is 302 g/mol. The number of fused-ring (bicyclic) bond motifs is 1. The summed E-state index contributed by atoms with van der Waals surface area (Å²) in [6.45, 7) is 8.94. The number of rotatable bonds is 4. The van der Waals surface area contributed by atoms with Gasteiger partial charge in [0.2, 0.25) is 5.96 Å². The van der Waals surface area contributed by atoms with Crippen molar-refractivity contribution in [2.24, 2.45) is 15.7 Å². The third-order valence-electron chi connectivity index (χ3n) is 3.84. The zero-order chi connectivity index (χ0) is 16.3. The number of nitrogens with one attached hydrogen (secondary N) is 1. The summed E-state index contributed by atoms with van der Waals surface area (Å²) in [7, 11) is 0. The number of halogens is 1. The van der Waals surface area contributed by atoms with Gasteiger partial charge in [-0.25, -0.2) is 9.38 Å². The first-order valence-corrected chi connectivity index (χ1v) is 7.45. The molecule has 3 N–H and O–H groups in total. The van der Waals surface area contributed by atoms with Crippen LogP contribution in [0.5, 0.6) is 0 Å². The van der Waals surface area contributed by atoms with Crippen molar-refractivity contribution in [2.45, 2.75) is 45.8 Å². The SMILES string of the molecule is C=C(/N=C(N)\N=C(/C)C(C)F)NC1CCc2ccc(C)cc21. The summed E-state index contributed by atoms with van der Waals surface area (Å²) in [5, 5.41) is 3.27. The molecule has 0 aliphatic heterocycles. The van der Waals surface area contributed by atoms with Crippen molar-refractivity contribution in [3.05, 3.63) is 47.3 Å². The third kappa shape index (κ3) is 3.93. The average Bonchev–Trinajstić information content (AvgIpc) is 2.80. The predicted octanol–water partition coefficient (Wildman–Crippen LogP) is 3.18. The molecule has 0 saturated heterocycles. The molecule has 0 bridgehead atoms. The van der Waals surface area contributed by atoms with Crippen LogP contribution in [0.4, 0.5) is 4.39 Å². The molecule has 0 aromatic heterocycles. The maximum Gasteiger partial charge on any atom is 0.221 e. The summed E-state index contributed by atoms with van der Waals surface area (Å²) >= 11 is 0. The molecule has 118 valence electrons. The molecule has 0 spiro atoms. The van der Waals surface area contributed by atoms with Crippen LogP contribution in [-0.2, 0) is 6.42 Å². The molecule has 0 amide bonds. The van der Waals surface area contributed by atoms with Crippen molar-refractivity contribution in [3.8, 4) is 0 Å². The van der Waals surface area contributed by atoms with E-state index < -0.39 is 6.17 Å². The first kappa shape index (κ1) is 16.2. The number of guanidine groups is 1. The highest BCUT2D eigenvalue weighted by Gasteiger charge is 2.22. The van der Waals surface area contributed by atoms with E-state index in [-0.39, 0.29) is 12.0 Å². The third-order valence-corrected chi connectivity index (χ3v) is 3.84. The zero-order valence-electron chi connectivity index (χ0n) is 13.4. The number of hydrogen-bond acceptors (Lipinski definition) is 2. The van der Waals surface area contributed by atoms with Crippen LogP contribution in [0.1, 0.15) is 43.0 Å². The van der Waals surface area contributed by atoms with E-state index in [1.165, 1.54) is 23.6 Å². The van der Waals surface area contributed by atoms with Gasteiger partial charge < -0.3 is 11.1 Å².